The summed E-state index contributed by atoms with van der Waals surface area (Å²) in [6.45, 7) is 0. The van der Waals surface area contributed by atoms with Gasteiger partial charge in [-0.3, -0.25) is 9.79 Å². The first-order valence-corrected chi connectivity index (χ1v) is 12.3. The van der Waals surface area contributed by atoms with E-state index in [-0.39, 0.29) is 34.7 Å². The second-order valence-corrected chi connectivity index (χ2v) is 11.2. The van der Waals surface area contributed by atoms with Crippen LogP contribution in [-0.2, 0) is 9.84 Å². The van der Waals surface area contributed by atoms with Gasteiger partial charge in [-0.05, 0) is 31.0 Å². The molecule has 1 aromatic carbocycles. The van der Waals surface area contributed by atoms with E-state index in [2.05, 4.69) is 15.6 Å². The van der Waals surface area contributed by atoms with Crippen molar-refractivity contribution in [1.29, 1.82) is 0 Å². The number of aliphatic imine (C=N–C) groups is 1. The van der Waals surface area contributed by atoms with Crippen LogP contribution in [0.25, 0.3) is 0 Å². The summed E-state index contributed by atoms with van der Waals surface area (Å²) in [5.74, 6) is 0.174. The van der Waals surface area contributed by atoms with E-state index >= 15 is 0 Å². The molecule has 146 valence electrons. The smallest absolute Gasteiger partial charge is 0.251 e. The zero-order valence-electron chi connectivity index (χ0n) is 14.8. The Hall–Kier alpha value is -1.25. The zero-order valence-corrected chi connectivity index (χ0v) is 17.2. The molecule has 9 heteroatoms. The Bertz CT molecular complexity index is 882. The average Bonchev–Trinajstić information content (AvgIpc) is 3.10. The molecule has 2 N–H and O–H groups in total. The van der Waals surface area contributed by atoms with Crippen molar-refractivity contribution in [3.8, 4) is 0 Å². The zero-order chi connectivity index (χ0) is 19.0. The van der Waals surface area contributed by atoms with Gasteiger partial charge in [0.1, 0.15) is 0 Å². The molecule has 2 heterocycles. The van der Waals surface area contributed by atoms with Gasteiger partial charge in [0.05, 0.1) is 28.3 Å². The number of anilines is 1. The number of hydrogen-bond acceptors (Lipinski definition) is 6. The van der Waals surface area contributed by atoms with Crippen LogP contribution in [0.1, 0.15) is 42.5 Å². The van der Waals surface area contributed by atoms with Crippen LogP contribution in [0.5, 0.6) is 0 Å². The SMILES string of the molecule is O=C(NC1CCCCC1)c1ccc(Cl)c(NC2=NC3CS(=O)(=O)CC3S2)c1. The fourth-order valence-electron chi connectivity index (χ4n) is 3.81. The van der Waals surface area contributed by atoms with Crippen molar-refractivity contribution >= 4 is 50.0 Å². The molecule has 1 aliphatic carbocycles. The molecule has 2 atom stereocenters. The number of halogens is 1. The second kappa shape index (κ2) is 7.64. The molecule has 1 amide bonds. The largest absolute Gasteiger partial charge is 0.349 e. The quantitative estimate of drug-likeness (QED) is 0.773. The molecule has 4 rings (SSSR count). The van der Waals surface area contributed by atoms with Crippen LogP contribution >= 0.6 is 23.4 Å². The van der Waals surface area contributed by atoms with Gasteiger partial charge in [0.25, 0.3) is 5.91 Å². The second-order valence-electron chi connectivity index (χ2n) is 7.36. The standard InChI is InChI=1S/C18H22ClN3O3S2/c19-13-7-6-11(17(23)20-12-4-2-1-3-5-12)8-14(13)21-18-22-15-9-27(24,25)10-16(15)26-18/h6-8,12,15-16H,1-5,9-10H2,(H,20,23)(H,21,22). The van der Waals surface area contributed by atoms with E-state index in [4.69, 9.17) is 11.6 Å². The van der Waals surface area contributed by atoms with E-state index in [1.54, 1.807) is 18.2 Å². The molecule has 1 aromatic rings. The van der Waals surface area contributed by atoms with Crippen molar-refractivity contribution in [3.05, 3.63) is 28.8 Å². The third-order valence-electron chi connectivity index (χ3n) is 5.23. The minimum Gasteiger partial charge on any atom is -0.349 e. The Morgan fingerprint density at radius 2 is 1.96 bits per heavy atom. The topological polar surface area (TPSA) is 87.6 Å². The number of carbonyl (C=O) groups is 1. The monoisotopic (exact) mass is 427 g/mol. The number of carbonyl (C=O) groups excluding carboxylic acids is 1. The summed E-state index contributed by atoms with van der Waals surface area (Å²) < 4.78 is 23.4. The van der Waals surface area contributed by atoms with E-state index in [0.29, 0.717) is 21.4 Å². The molecular weight excluding hydrogens is 406 g/mol. The molecule has 2 aliphatic heterocycles. The maximum Gasteiger partial charge on any atom is 0.251 e. The number of hydrogen-bond donors (Lipinski definition) is 2. The number of amidine groups is 1. The van der Waals surface area contributed by atoms with E-state index in [9.17, 15) is 13.2 Å². The van der Waals surface area contributed by atoms with Gasteiger partial charge in [-0.1, -0.05) is 42.6 Å². The predicted octanol–water partition coefficient (Wildman–Crippen LogP) is 3.08. The van der Waals surface area contributed by atoms with E-state index in [1.807, 2.05) is 0 Å². The first kappa shape index (κ1) is 19.1. The molecule has 2 fully saturated rings. The first-order valence-electron chi connectivity index (χ1n) is 9.22. The van der Waals surface area contributed by atoms with Gasteiger partial charge >= 0.3 is 0 Å². The van der Waals surface area contributed by atoms with Crippen molar-refractivity contribution < 1.29 is 13.2 Å². The predicted molar refractivity (Wildman–Crippen MR) is 111 cm³/mol. The van der Waals surface area contributed by atoms with Crippen molar-refractivity contribution in [1.82, 2.24) is 5.32 Å². The number of fused-ring (bicyclic) bond motifs is 1. The van der Waals surface area contributed by atoms with E-state index in [1.165, 1.54) is 18.2 Å². The third kappa shape index (κ3) is 4.43. The Morgan fingerprint density at radius 1 is 1.19 bits per heavy atom. The minimum absolute atomic E-state index is 0.0333. The number of nitrogens with one attached hydrogen (secondary N) is 2. The number of amides is 1. The van der Waals surface area contributed by atoms with Crippen LogP contribution in [0.2, 0.25) is 5.02 Å². The lowest BCUT2D eigenvalue weighted by molar-refractivity contribution is 0.0927. The summed E-state index contributed by atoms with van der Waals surface area (Å²) in [5.41, 5.74) is 1.17. The number of benzene rings is 1. The van der Waals surface area contributed by atoms with Crippen molar-refractivity contribution in [2.24, 2.45) is 4.99 Å². The molecule has 0 spiro atoms. The molecule has 0 bridgehead atoms. The average molecular weight is 428 g/mol. The highest BCUT2D eigenvalue weighted by atomic mass is 35.5. The molecule has 3 aliphatic rings. The summed E-state index contributed by atoms with van der Waals surface area (Å²) in [5, 5.41) is 7.40. The van der Waals surface area contributed by atoms with Gasteiger partial charge in [0.2, 0.25) is 0 Å². The normalized spacial score (nSPS) is 27.1. The Morgan fingerprint density at radius 3 is 2.70 bits per heavy atom. The lowest BCUT2D eigenvalue weighted by Gasteiger charge is -2.23. The molecule has 6 nitrogen and oxygen atoms in total. The summed E-state index contributed by atoms with van der Waals surface area (Å²) >= 11 is 7.71. The molecule has 1 saturated heterocycles. The molecule has 1 saturated carbocycles. The number of nitrogens with zero attached hydrogens (tertiary/aromatic N) is 1. The van der Waals surface area contributed by atoms with Gasteiger partial charge in [0, 0.05) is 16.9 Å². The highest BCUT2D eigenvalue weighted by Gasteiger charge is 2.42. The van der Waals surface area contributed by atoms with Crippen molar-refractivity contribution in [3.63, 3.8) is 0 Å². The van der Waals surface area contributed by atoms with Crippen molar-refractivity contribution in [2.75, 3.05) is 16.8 Å². The molecule has 27 heavy (non-hydrogen) atoms. The number of thioether (sulfide) groups is 1. The summed E-state index contributed by atoms with van der Waals surface area (Å²) in [6.07, 6.45) is 5.62. The lowest BCUT2D eigenvalue weighted by atomic mass is 9.95. The fraction of sp³-hybridized carbons (Fsp3) is 0.556. The summed E-state index contributed by atoms with van der Waals surface area (Å²) in [4.78, 5) is 17.0. The van der Waals surface area contributed by atoms with Gasteiger partial charge in [0.15, 0.2) is 15.0 Å². The Balaban J connectivity index is 1.44. The van der Waals surface area contributed by atoms with E-state index < -0.39 is 9.84 Å². The maximum atomic E-state index is 12.6. The van der Waals surface area contributed by atoms with Crippen molar-refractivity contribution in [2.45, 2.75) is 49.4 Å². The highest BCUT2D eigenvalue weighted by molar-refractivity contribution is 8.15. The molecule has 2 unspecified atom stereocenters. The third-order valence-corrected chi connectivity index (χ3v) is 8.70. The van der Waals surface area contributed by atoms with Gasteiger partial charge in [-0.25, -0.2) is 8.42 Å². The van der Waals surface area contributed by atoms with Gasteiger partial charge < -0.3 is 10.6 Å². The van der Waals surface area contributed by atoms with Crippen LogP contribution in [0, 0.1) is 0 Å². The van der Waals surface area contributed by atoms with Gasteiger partial charge in [-0.2, -0.15) is 0 Å². The molecule has 0 aromatic heterocycles. The summed E-state index contributed by atoms with van der Waals surface area (Å²) in [6, 6.07) is 5.20. The lowest BCUT2D eigenvalue weighted by Crippen LogP contribution is -2.36. The molecular formula is C18H22ClN3O3S2. The Kier molecular flexibility index (Phi) is 5.40. The van der Waals surface area contributed by atoms with Gasteiger partial charge in [-0.15, -0.1) is 0 Å². The number of sulfone groups is 1. The summed E-state index contributed by atoms with van der Waals surface area (Å²) in [7, 11) is -2.98. The van der Waals surface area contributed by atoms with Crippen LogP contribution in [0.3, 0.4) is 0 Å². The fourth-order valence-corrected chi connectivity index (χ4v) is 7.64. The minimum atomic E-state index is -2.98. The van der Waals surface area contributed by atoms with Crippen LogP contribution in [0.4, 0.5) is 5.69 Å². The molecule has 0 radical (unpaired) electrons. The van der Waals surface area contributed by atoms with Crippen LogP contribution in [-0.4, -0.2) is 48.3 Å². The first-order chi connectivity index (χ1) is 12.9. The maximum absolute atomic E-state index is 12.6. The Labute approximate surface area is 168 Å². The van der Waals surface area contributed by atoms with E-state index in [0.717, 1.165) is 25.7 Å². The van der Waals surface area contributed by atoms with Crippen LogP contribution < -0.4 is 10.6 Å². The highest BCUT2D eigenvalue weighted by Crippen LogP contribution is 2.35. The van der Waals surface area contributed by atoms with Crippen LogP contribution in [0.15, 0.2) is 23.2 Å². The number of rotatable bonds is 3.